The van der Waals surface area contributed by atoms with Gasteiger partial charge in [0.25, 0.3) is 0 Å². The van der Waals surface area contributed by atoms with Crippen LogP contribution in [-0.2, 0) is 30.4 Å². The maximum atomic E-state index is 13.4. The van der Waals surface area contributed by atoms with Crippen LogP contribution in [0, 0.1) is 0 Å². The normalized spacial score (nSPS) is 19.7. The highest BCUT2D eigenvalue weighted by Crippen LogP contribution is 2.26. The first-order chi connectivity index (χ1) is 18.2. The first kappa shape index (κ1) is 28.9. The fourth-order valence-electron chi connectivity index (χ4n) is 5.08. The molecule has 0 spiro atoms. The van der Waals surface area contributed by atoms with Gasteiger partial charge in [0.15, 0.2) is 0 Å². The third-order valence-electron chi connectivity index (χ3n) is 7.12. The Bertz CT molecular complexity index is 1010. The molecular formula is C27H38N4O7. The standard InChI is InChI=1S/C27H38N4O7/c1-2-3-4-9-24(34)30-14-6-8-22(30)26(36)31-15-5-7-21(31)25(35)28-17-23(33)29-20(27(37)38)16-18-10-12-19(32)13-11-18/h10-13,20-22,32H,2-9,14-17H2,1H3,(H,28,35)(H,29,33)(H,37,38)/t20-,21-,22-/m0/s1. The lowest BCUT2D eigenvalue weighted by Gasteiger charge is -2.31. The molecule has 3 atom stereocenters. The van der Waals surface area contributed by atoms with Crippen LogP contribution in [0.4, 0.5) is 0 Å². The van der Waals surface area contributed by atoms with E-state index in [0.717, 1.165) is 25.7 Å². The number of likely N-dealkylation sites (tertiary alicyclic amines) is 2. The van der Waals surface area contributed by atoms with E-state index in [9.17, 15) is 34.2 Å². The quantitative estimate of drug-likeness (QED) is 0.296. The summed E-state index contributed by atoms with van der Waals surface area (Å²) in [6.07, 6.45) is 5.60. The molecule has 11 nitrogen and oxygen atoms in total. The summed E-state index contributed by atoms with van der Waals surface area (Å²) in [6, 6.07) is 3.48. The van der Waals surface area contributed by atoms with Crippen molar-refractivity contribution in [1.82, 2.24) is 20.4 Å². The van der Waals surface area contributed by atoms with Crippen LogP contribution in [0.1, 0.15) is 63.9 Å². The van der Waals surface area contributed by atoms with Gasteiger partial charge in [0.2, 0.25) is 23.6 Å². The lowest BCUT2D eigenvalue weighted by molar-refractivity contribution is -0.146. The summed E-state index contributed by atoms with van der Waals surface area (Å²) in [7, 11) is 0. The van der Waals surface area contributed by atoms with E-state index in [-0.39, 0.29) is 24.0 Å². The number of aromatic hydroxyl groups is 1. The summed E-state index contributed by atoms with van der Waals surface area (Å²) in [6.45, 7) is 2.59. The van der Waals surface area contributed by atoms with E-state index < -0.39 is 42.5 Å². The van der Waals surface area contributed by atoms with Crippen LogP contribution in [0.5, 0.6) is 5.75 Å². The number of hydrogen-bond donors (Lipinski definition) is 4. The van der Waals surface area contributed by atoms with Gasteiger partial charge in [-0.25, -0.2) is 4.79 Å². The molecule has 0 bridgehead atoms. The zero-order chi connectivity index (χ0) is 27.7. The van der Waals surface area contributed by atoms with Gasteiger partial charge in [0, 0.05) is 25.9 Å². The summed E-state index contributed by atoms with van der Waals surface area (Å²) in [4.78, 5) is 66.2. The Morgan fingerprint density at radius 2 is 1.63 bits per heavy atom. The highest BCUT2D eigenvalue weighted by molar-refractivity contribution is 5.94. The van der Waals surface area contributed by atoms with Crippen LogP contribution in [-0.4, -0.2) is 87.4 Å². The third-order valence-corrected chi connectivity index (χ3v) is 7.12. The number of nitrogens with zero attached hydrogens (tertiary/aromatic N) is 2. The Morgan fingerprint density at radius 3 is 2.29 bits per heavy atom. The van der Waals surface area contributed by atoms with E-state index >= 15 is 0 Å². The Labute approximate surface area is 222 Å². The number of carboxylic acids is 1. The monoisotopic (exact) mass is 530 g/mol. The molecule has 3 rings (SSSR count). The van der Waals surface area contributed by atoms with Crippen molar-refractivity contribution >= 4 is 29.6 Å². The zero-order valence-corrected chi connectivity index (χ0v) is 21.9. The first-order valence-electron chi connectivity index (χ1n) is 13.4. The number of carbonyl (C=O) groups is 5. The molecule has 4 N–H and O–H groups in total. The van der Waals surface area contributed by atoms with Gasteiger partial charge in [-0.3, -0.25) is 19.2 Å². The lowest BCUT2D eigenvalue weighted by Crippen LogP contribution is -2.54. The largest absolute Gasteiger partial charge is 0.508 e. The van der Waals surface area contributed by atoms with E-state index in [4.69, 9.17) is 0 Å². The van der Waals surface area contributed by atoms with Gasteiger partial charge in [-0.1, -0.05) is 31.9 Å². The van der Waals surface area contributed by atoms with E-state index in [0.29, 0.717) is 44.3 Å². The number of rotatable bonds is 12. The van der Waals surface area contributed by atoms with Gasteiger partial charge < -0.3 is 30.6 Å². The Kier molecular flexibility index (Phi) is 10.5. The number of benzene rings is 1. The van der Waals surface area contributed by atoms with Gasteiger partial charge in [0.05, 0.1) is 6.54 Å². The number of phenolic OH excluding ortho intramolecular Hbond substituents is 1. The van der Waals surface area contributed by atoms with Crippen molar-refractivity contribution in [3.8, 4) is 5.75 Å². The molecule has 208 valence electrons. The van der Waals surface area contributed by atoms with Crippen molar-refractivity contribution in [3.05, 3.63) is 29.8 Å². The number of unbranched alkanes of at least 4 members (excludes halogenated alkanes) is 2. The molecule has 11 heteroatoms. The molecule has 2 saturated heterocycles. The minimum Gasteiger partial charge on any atom is -0.508 e. The molecule has 0 radical (unpaired) electrons. The van der Waals surface area contributed by atoms with Crippen LogP contribution >= 0.6 is 0 Å². The van der Waals surface area contributed by atoms with Crippen LogP contribution in [0.15, 0.2) is 24.3 Å². The van der Waals surface area contributed by atoms with E-state index in [2.05, 4.69) is 17.6 Å². The van der Waals surface area contributed by atoms with Crippen molar-refractivity contribution in [3.63, 3.8) is 0 Å². The zero-order valence-electron chi connectivity index (χ0n) is 21.9. The number of phenols is 1. The van der Waals surface area contributed by atoms with E-state index in [1.54, 1.807) is 17.0 Å². The van der Waals surface area contributed by atoms with Crippen molar-refractivity contribution in [2.24, 2.45) is 0 Å². The van der Waals surface area contributed by atoms with Crippen LogP contribution in [0.2, 0.25) is 0 Å². The van der Waals surface area contributed by atoms with E-state index in [1.807, 2.05) is 0 Å². The molecule has 2 aliphatic rings. The number of hydrogen-bond acceptors (Lipinski definition) is 6. The Hall–Kier alpha value is -3.63. The molecule has 0 aromatic heterocycles. The minimum atomic E-state index is -1.23. The third kappa shape index (κ3) is 7.69. The van der Waals surface area contributed by atoms with Gasteiger partial charge in [-0.15, -0.1) is 0 Å². The van der Waals surface area contributed by atoms with Crippen LogP contribution in [0.3, 0.4) is 0 Å². The van der Waals surface area contributed by atoms with Crippen molar-refractivity contribution in [2.75, 3.05) is 19.6 Å². The molecule has 0 aliphatic carbocycles. The molecule has 1 aromatic carbocycles. The van der Waals surface area contributed by atoms with Gasteiger partial charge >= 0.3 is 5.97 Å². The number of amides is 4. The van der Waals surface area contributed by atoms with Crippen molar-refractivity contribution in [1.29, 1.82) is 0 Å². The first-order valence-corrected chi connectivity index (χ1v) is 13.4. The van der Waals surface area contributed by atoms with Gasteiger partial charge in [-0.05, 0) is 49.8 Å². The summed E-state index contributed by atoms with van der Waals surface area (Å²) >= 11 is 0. The highest BCUT2D eigenvalue weighted by atomic mass is 16.4. The van der Waals surface area contributed by atoms with Gasteiger partial charge in [-0.2, -0.15) is 0 Å². The molecule has 1 aromatic rings. The Morgan fingerprint density at radius 1 is 0.974 bits per heavy atom. The summed E-state index contributed by atoms with van der Waals surface area (Å²) in [5.74, 6) is -2.57. The average Bonchev–Trinajstić information content (AvgIpc) is 3.58. The molecule has 2 heterocycles. The van der Waals surface area contributed by atoms with Crippen molar-refractivity contribution in [2.45, 2.75) is 82.8 Å². The number of carboxylic acid groups (broad SMARTS) is 1. The molecule has 4 amide bonds. The maximum Gasteiger partial charge on any atom is 0.326 e. The second-order valence-corrected chi connectivity index (χ2v) is 9.94. The maximum absolute atomic E-state index is 13.4. The van der Waals surface area contributed by atoms with Crippen molar-refractivity contribution < 1.29 is 34.2 Å². The van der Waals surface area contributed by atoms with E-state index in [1.165, 1.54) is 17.0 Å². The molecule has 2 aliphatic heterocycles. The molecule has 38 heavy (non-hydrogen) atoms. The number of aliphatic carboxylic acids is 1. The van der Waals surface area contributed by atoms with Crippen LogP contribution in [0.25, 0.3) is 0 Å². The second-order valence-electron chi connectivity index (χ2n) is 9.94. The highest BCUT2D eigenvalue weighted by Gasteiger charge is 2.41. The summed E-state index contributed by atoms with van der Waals surface area (Å²) < 4.78 is 0. The average molecular weight is 531 g/mol. The number of carbonyl (C=O) groups excluding carboxylic acids is 4. The topological polar surface area (TPSA) is 156 Å². The number of nitrogens with one attached hydrogen (secondary N) is 2. The second kappa shape index (κ2) is 13.8. The summed E-state index contributed by atoms with van der Waals surface area (Å²) in [5.41, 5.74) is 0.615. The fraction of sp³-hybridized carbons (Fsp3) is 0.593. The molecule has 0 unspecified atom stereocenters. The predicted molar refractivity (Wildman–Crippen MR) is 138 cm³/mol. The van der Waals surface area contributed by atoms with Crippen LogP contribution < -0.4 is 10.6 Å². The van der Waals surface area contributed by atoms with Gasteiger partial charge in [0.1, 0.15) is 23.9 Å². The fourth-order valence-corrected chi connectivity index (χ4v) is 5.08. The Balaban J connectivity index is 1.52. The minimum absolute atomic E-state index is 0.00918. The molecule has 2 fully saturated rings. The molecule has 0 saturated carbocycles. The SMILES string of the molecule is CCCCCC(=O)N1CCC[C@H]1C(=O)N1CCC[C@H]1C(=O)NCC(=O)N[C@@H](Cc1ccc(O)cc1)C(=O)O. The summed E-state index contributed by atoms with van der Waals surface area (Å²) in [5, 5.41) is 23.8. The lowest BCUT2D eigenvalue weighted by atomic mass is 10.1. The smallest absolute Gasteiger partial charge is 0.326 e. The predicted octanol–water partition coefficient (Wildman–Crippen LogP) is 1.18. The molecular weight excluding hydrogens is 492 g/mol.